The lowest BCUT2D eigenvalue weighted by Crippen LogP contribution is -2.46. The predicted molar refractivity (Wildman–Crippen MR) is 96.0 cm³/mol. The Labute approximate surface area is 140 Å². The molecule has 1 atom stereocenters. The van der Waals surface area contributed by atoms with E-state index in [0.717, 1.165) is 30.7 Å². The first kappa shape index (κ1) is 17.6. The molecule has 1 aromatic rings. The molecule has 2 N–H and O–H groups in total. The van der Waals surface area contributed by atoms with E-state index in [1.807, 2.05) is 12.1 Å². The number of aliphatic imine (C=N–C) groups is 1. The van der Waals surface area contributed by atoms with Gasteiger partial charge in [-0.1, -0.05) is 12.1 Å². The first-order chi connectivity index (χ1) is 11.1. The van der Waals surface area contributed by atoms with Crippen LogP contribution in [0.4, 0.5) is 0 Å². The summed E-state index contributed by atoms with van der Waals surface area (Å²) in [5.41, 5.74) is 1.18. The van der Waals surface area contributed by atoms with E-state index in [1.165, 1.54) is 18.4 Å². The molecule has 1 aliphatic carbocycles. The van der Waals surface area contributed by atoms with E-state index in [0.29, 0.717) is 12.6 Å². The number of nitrogens with one attached hydrogen (secondary N) is 2. The Kier molecular flexibility index (Phi) is 6.71. The topological polar surface area (TPSA) is 48.9 Å². The minimum absolute atomic E-state index is 0.583. The van der Waals surface area contributed by atoms with Gasteiger partial charge in [0.1, 0.15) is 5.75 Å². The summed E-state index contributed by atoms with van der Waals surface area (Å²) in [4.78, 5) is 7.00. The average molecular weight is 318 g/mol. The highest BCUT2D eigenvalue weighted by Crippen LogP contribution is 2.34. The third-order valence-corrected chi connectivity index (χ3v) is 4.23. The molecule has 5 heteroatoms. The highest BCUT2D eigenvalue weighted by molar-refractivity contribution is 5.79. The molecule has 0 amide bonds. The zero-order valence-electron chi connectivity index (χ0n) is 14.8. The molecule has 1 saturated carbocycles. The third kappa shape index (κ3) is 5.75. The number of guanidine groups is 1. The van der Waals surface area contributed by atoms with E-state index in [2.05, 4.69) is 53.7 Å². The van der Waals surface area contributed by atoms with Crippen LogP contribution in [0.1, 0.15) is 25.3 Å². The summed E-state index contributed by atoms with van der Waals surface area (Å²) in [6, 6.07) is 8.64. The molecule has 23 heavy (non-hydrogen) atoms. The molecular formula is C18H30N4O. The van der Waals surface area contributed by atoms with E-state index in [9.17, 15) is 0 Å². The number of methoxy groups -OCH3 is 1. The van der Waals surface area contributed by atoms with Gasteiger partial charge >= 0.3 is 0 Å². The highest BCUT2D eigenvalue weighted by Gasteiger charge is 2.32. The van der Waals surface area contributed by atoms with Gasteiger partial charge in [-0.2, -0.15) is 0 Å². The molecule has 0 aliphatic heterocycles. The van der Waals surface area contributed by atoms with Gasteiger partial charge in [0.2, 0.25) is 0 Å². The van der Waals surface area contributed by atoms with Crippen LogP contribution in [0.2, 0.25) is 0 Å². The van der Waals surface area contributed by atoms with Gasteiger partial charge in [-0.15, -0.1) is 0 Å². The molecule has 1 unspecified atom stereocenters. The smallest absolute Gasteiger partial charge is 0.191 e. The van der Waals surface area contributed by atoms with E-state index >= 15 is 0 Å². The van der Waals surface area contributed by atoms with Crippen LogP contribution in [0, 0.1) is 5.92 Å². The molecule has 1 aromatic carbocycles. The van der Waals surface area contributed by atoms with Crippen molar-refractivity contribution in [3.05, 3.63) is 29.8 Å². The SMILES string of the molecule is CCNC(=NCc1ccc(OC)cc1)NCC(C1CC1)N(C)C. The quantitative estimate of drug-likeness (QED) is 0.569. The van der Waals surface area contributed by atoms with Crippen molar-refractivity contribution in [2.75, 3.05) is 34.3 Å². The predicted octanol–water partition coefficient (Wildman–Crippen LogP) is 2.09. The molecule has 0 saturated heterocycles. The number of nitrogens with zero attached hydrogens (tertiary/aromatic N) is 2. The summed E-state index contributed by atoms with van der Waals surface area (Å²) in [7, 11) is 6.00. The summed E-state index contributed by atoms with van der Waals surface area (Å²) in [5, 5.41) is 6.81. The number of hydrogen-bond donors (Lipinski definition) is 2. The second-order valence-electron chi connectivity index (χ2n) is 6.29. The van der Waals surface area contributed by atoms with Crippen molar-refractivity contribution in [2.24, 2.45) is 10.9 Å². The standard InChI is InChI=1S/C18H30N4O/c1-5-19-18(21-13-17(22(2)3)15-8-9-15)20-12-14-6-10-16(23-4)11-7-14/h6-7,10-11,15,17H,5,8-9,12-13H2,1-4H3,(H2,19,20,21). The molecule has 1 fully saturated rings. The van der Waals surface area contributed by atoms with Crippen LogP contribution in [0.3, 0.4) is 0 Å². The number of rotatable bonds is 8. The fourth-order valence-electron chi connectivity index (χ4n) is 2.70. The van der Waals surface area contributed by atoms with Gasteiger partial charge < -0.3 is 20.3 Å². The molecule has 0 aromatic heterocycles. The van der Waals surface area contributed by atoms with Crippen LogP contribution in [-0.2, 0) is 6.54 Å². The number of ether oxygens (including phenoxy) is 1. The molecule has 0 radical (unpaired) electrons. The minimum Gasteiger partial charge on any atom is -0.497 e. The number of likely N-dealkylation sites (N-methyl/N-ethyl adjacent to an activating group) is 1. The number of hydrogen-bond acceptors (Lipinski definition) is 3. The molecule has 5 nitrogen and oxygen atoms in total. The van der Waals surface area contributed by atoms with Crippen LogP contribution in [0.25, 0.3) is 0 Å². The Hall–Kier alpha value is -1.75. The molecule has 0 spiro atoms. The van der Waals surface area contributed by atoms with Crippen molar-refractivity contribution in [2.45, 2.75) is 32.4 Å². The van der Waals surface area contributed by atoms with Crippen LogP contribution in [0.5, 0.6) is 5.75 Å². The second kappa shape index (κ2) is 8.77. The summed E-state index contributed by atoms with van der Waals surface area (Å²) in [6.07, 6.45) is 2.70. The van der Waals surface area contributed by atoms with Crippen molar-refractivity contribution >= 4 is 5.96 Å². The fraction of sp³-hybridized carbons (Fsp3) is 0.611. The van der Waals surface area contributed by atoms with E-state index < -0.39 is 0 Å². The zero-order valence-corrected chi connectivity index (χ0v) is 14.8. The molecule has 0 heterocycles. The van der Waals surface area contributed by atoms with E-state index in [4.69, 9.17) is 4.74 Å². The molecule has 0 bridgehead atoms. The monoisotopic (exact) mass is 318 g/mol. The first-order valence-electron chi connectivity index (χ1n) is 8.45. The summed E-state index contributed by atoms with van der Waals surface area (Å²) < 4.78 is 5.18. The normalized spacial score (nSPS) is 16.3. The Morgan fingerprint density at radius 3 is 2.48 bits per heavy atom. The lowest BCUT2D eigenvalue weighted by atomic mass is 10.1. The fourth-order valence-corrected chi connectivity index (χ4v) is 2.70. The highest BCUT2D eigenvalue weighted by atomic mass is 16.5. The van der Waals surface area contributed by atoms with E-state index in [1.54, 1.807) is 7.11 Å². The Balaban J connectivity index is 1.90. The van der Waals surface area contributed by atoms with Gasteiger partial charge in [0.25, 0.3) is 0 Å². The van der Waals surface area contributed by atoms with Gasteiger partial charge in [0.15, 0.2) is 5.96 Å². The summed E-state index contributed by atoms with van der Waals surface area (Å²) in [5.74, 6) is 2.60. The van der Waals surface area contributed by atoms with Crippen molar-refractivity contribution in [3.63, 3.8) is 0 Å². The van der Waals surface area contributed by atoms with Gasteiger partial charge in [-0.25, -0.2) is 4.99 Å². The maximum Gasteiger partial charge on any atom is 0.191 e. The van der Waals surface area contributed by atoms with Gasteiger partial charge in [0.05, 0.1) is 13.7 Å². The summed E-state index contributed by atoms with van der Waals surface area (Å²) >= 11 is 0. The van der Waals surface area contributed by atoms with Crippen molar-refractivity contribution < 1.29 is 4.74 Å². The lowest BCUT2D eigenvalue weighted by molar-refractivity contribution is 0.264. The first-order valence-corrected chi connectivity index (χ1v) is 8.45. The lowest BCUT2D eigenvalue weighted by Gasteiger charge is -2.25. The van der Waals surface area contributed by atoms with Gasteiger partial charge in [-0.3, -0.25) is 0 Å². The minimum atomic E-state index is 0.583. The molecule has 1 aliphatic rings. The van der Waals surface area contributed by atoms with Crippen LogP contribution in [-0.4, -0.2) is 51.2 Å². The van der Waals surface area contributed by atoms with Crippen molar-refractivity contribution in [1.29, 1.82) is 0 Å². The largest absolute Gasteiger partial charge is 0.497 e. The maximum absolute atomic E-state index is 5.18. The van der Waals surface area contributed by atoms with Gasteiger partial charge in [0, 0.05) is 19.1 Å². The van der Waals surface area contributed by atoms with Crippen molar-refractivity contribution in [3.8, 4) is 5.75 Å². The molecule has 2 rings (SSSR count). The van der Waals surface area contributed by atoms with Crippen LogP contribution >= 0.6 is 0 Å². The van der Waals surface area contributed by atoms with Crippen molar-refractivity contribution in [1.82, 2.24) is 15.5 Å². The Morgan fingerprint density at radius 2 is 1.96 bits per heavy atom. The average Bonchev–Trinajstić information content (AvgIpc) is 3.37. The van der Waals surface area contributed by atoms with Crippen LogP contribution in [0.15, 0.2) is 29.3 Å². The summed E-state index contributed by atoms with van der Waals surface area (Å²) in [6.45, 7) is 4.56. The Morgan fingerprint density at radius 1 is 1.26 bits per heavy atom. The van der Waals surface area contributed by atoms with E-state index in [-0.39, 0.29) is 0 Å². The molecule has 128 valence electrons. The maximum atomic E-state index is 5.18. The second-order valence-corrected chi connectivity index (χ2v) is 6.29. The third-order valence-electron chi connectivity index (χ3n) is 4.23. The Bertz CT molecular complexity index is 492. The van der Waals surface area contributed by atoms with Gasteiger partial charge in [-0.05, 0) is 57.5 Å². The zero-order chi connectivity index (χ0) is 16.7. The van der Waals surface area contributed by atoms with Crippen LogP contribution < -0.4 is 15.4 Å². The number of benzene rings is 1. The molecular weight excluding hydrogens is 288 g/mol.